The van der Waals surface area contributed by atoms with Gasteiger partial charge in [0.2, 0.25) is 11.8 Å². The predicted molar refractivity (Wildman–Crippen MR) is 227 cm³/mol. The fourth-order valence-corrected chi connectivity index (χ4v) is 6.34. The summed E-state index contributed by atoms with van der Waals surface area (Å²) in [6, 6.07) is 6.35. The Bertz CT molecular complexity index is 1940. The van der Waals surface area contributed by atoms with E-state index >= 15 is 0 Å². The van der Waals surface area contributed by atoms with Gasteiger partial charge >= 0.3 is 60.3 Å². The zero-order chi connectivity index (χ0) is 49.5. The molecule has 24 heteroatoms. The maximum Gasteiger partial charge on any atom is 1.00 e. The molecule has 2 N–H and O–H groups in total. The van der Waals surface area contributed by atoms with Gasteiger partial charge in [-0.3, -0.25) is 0 Å². The van der Waals surface area contributed by atoms with Crippen LogP contribution < -0.4 is 44.3 Å². The van der Waals surface area contributed by atoms with Crippen molar-refractivity contribution in [3.63, 3.8) is 0 Å². The van der Waals surface area contributed by atoms with Crippen LogP contribution in [0.25, 0.3) is 0 Å². The SMILES string of the molecule is CC(C)(C)OC(=O)N1CCC[C@H]1CO.CC(C)(C)OC(=O)N1CCC[C@H]1COc1ccc(C(F)(F)F)cn1.FC(F)(F)c1ccc(Cl)nc1.FC(F)(F)c1ccc(OC[C@@H]2CCCN2)nc1.[H-].[HH].[Na+]. The van der Waals surface area contributed by atoms with Crippen LogP contribution in [0.4, 0.5) is 49.1 Å². The molecular weight excluding hydrogens is 942 g/mol. The van der Waals surface area contributed by atoms with Gasteiger partial charge in [-0.1, -0.05) is 11.6 Å². The second-order valence-electron chi connectivity index (χ2n) is 17.2. The van der Waals surface area contributed by atoms with Crippen LogP contribution in [0.1, 0.15) is 99.6 Å². The van der Waals surface area contributed by atoms with E-state index < -0.39 is 52.5 Å². The van der Waals surface area contributed by atoms with E-state index in [4.69, 9.17) is 35.7 Å². The number of nitrogens with one attached hydrogen (secondary N) is 1. The van der Waals surface area contributed by atoms with Crippen LogP contribution in [0.2, 0.25) is 5.15 Å². The number of hydrogen-bond donors (Lipinski definition) is 2. The fourth-order valence-electron chi connectivity index (χ4n) is 6.23. The summed E-state index contributed by atoms with van der Waals surface area (Å²) in [6.07, 6.45) is -6.08. The van der Waals surface area contributed by atoms with Gasteiger partial charge in [0.1, 0.15) is 29.6 Å². The Balaban J connectivity index is 0.000000915. The summed E-state index contributed by atoms with van der Waals surface area (Å²) < 4.78 is 131. The number of nitrogens with zero attached hydrogens (tertiary/aromatic N) is 5. The Hall–Kier alpha value is -3.83. The Morgan fingerprint density at radius 3 is 1.45 bits per heavy atom. The zero-order valence-electron chi connectivity index (χ0n) is 39.3. The van der Waals surface area contributed by atoms with Gasteiger partial charge in [0.25, 0.3) is 0 Å². The molecule has 0 bridgehead atoms. The molecule has 67 heavy (non-hydrogen) atoms. The van der Waals surface area contributed by atoms with Gasteiger partial charge in [0, 0.05) is 51.3 Å². The van der Waals surface area contributed by atoms with Crippen molar-refractivity contribution in [1.82, 2.24) is 30.1 Å². The summed E-state index contributed by atoms with van der Waals surface area (Å²) in [5.41, 5.74) is -3.42. The number of alkyl halides is 9. The van der Waals surface area contributed by atoms with Crippen LogP contribution in [-0.2, 0) is 28.0 Å². The number of likely N-dealkylation sites (tertiary alicyclic amines) is 2. The standard InChI is InChI=1S/C16H21F3N2O3.C11H13F3N2O.C10H19NO3.C6H3ClF3N.Na.H2.H/c1-15(2,3)24-14(22)21-8-4-5-12(21)10-23-13-7-6-11(9-20-13)16(17,18)19;12-11(13,14)8-3-4-10(16-6-8)17-7-9-2-1-5-15-9;1-10(2,3)14-9(13)11-6-4-5-8(11)7-12;7-5-2-1-4(3-11-5)6(8,9)10;;;/h6-7,9,12H,4-5,8,10H2,1-3H3;3-4,6,9,15H,1-2,5,7H2;8,12H,4-7H2,1-3H3;1-3H;;1H;/q;;;;+1;;-1/t12-;9-;8-;;;;/m000..../s1. The molecule has 0 spiro atoms. The molecule has 3 aliphatic heterocycles. The minimum absolute atomic E-state index is 0. The van der Waals surface area contributed by atoms with E-state index in [0.717, 1.165) is 81.7 Å². The Labute approximate surface area is 413 Å². The maximum atomic E-state index is 12.5. The van der Waals surface area contributed by atoms with Crippen molar-refractivity contribution in [3.05, 3.63) is 76.8 Å². The second-order valence-corrected chi connectivity index (χ2v) is 17.6. The first-order valence-electron chi connectivity index (χ1n) is 20.9. The molecule has 13 nitrogen and oxygen atoms in total. The number of carbonyl (C=O) groups excluding carboxylic acids is 2. The third-order valence-corrected chi connectivity index (χ3v) is 9.65. The molecule has 0 radical (unpaired) electrons. The molecular formula is C43H59ClF9N6NaO7. The van der Waals surface area contributed by atoms with Gasteiger partial charge in [0.15, 0.2) is 0 Å². The smallest absolute Gasteiger partial charge is 1.00 e. The fraction of sp³-hybridized carbons (Fsp3) is 0.605. The summed E-state index contributed by atoms with van der Waals surface area (Å²) >= 11 is 5.28. The molecule has 0 aliphatic carbocycles. The number of ether oxygens (including phenoxy) is 4. The molecule has 3 atom stereocenters. The number of hydrogen-bond acceptors (Lipinski definition) is 11. The molecule has 3 fully saturated rings. The van der Waals surface area contributed by atoms with Gasteiger partial charge < -0.3 is 40.6 Å². The Morgan fingerprint density at radius 1 is 0.672 bits per heavy atom. The van der Waals surface area contributed by atoms with E-state index in [1.165, 1.54) is 12.1 Å². The summed E-state index contributed by atoms with van der Waals surface area (Å²) in [6.45, 7) is 13.8. The summed E-state index contributed by atoms with van der Waals surface area (Å²) in [7, 11) is 0. The summed E-state index contributed by atoms with van der Waals surface area (Å²) in [5, 5.41) is 12.3. The van der Waals surface area contributed by atoms with Crippen LogP contribution in [-0.4, -0.2) is 111 Å². The van der Waals surface area contributed by atoms with Gasteiger partial charge in [-0.2, -0.15) is 39.5 Å². The average molecular weight is 1000 g/mol. The van der Waals surface area contributed by atoms with Crippen LogP contribution in [0.5, 0.6) is 11.8 Å². The minimum atomic E-state index is -4.43. The zero-order valence-corrected chi connectivity index (χ0v) is 41.1. The molecule has 6 rings (SSSR count). The maximum absolute atomic E-state index is 12.5. The Kier molecular flexibility index (Phi) is 23.2. The predicted octanol–water partition coefficient (Wildman–Crippen LogP) is 7.60. The largest absolute Gasteiger partial charge is 1.00 e. The third kappa shape index (κ3) is 22.0. The molecule has 3 aliphatic rings. The van der Waals surface area contributed by atoms with E-state index in [1.54, 1.807) is 30.6 Å². The topological polar surface area (TPSA) is 148 Å². The van der Waals surface area contributed by atoms with Crippen LogP contribution in [0.3, 0.4) is 0 Å². The van der Waals surface area contributed by atoms with E-state index in [-0.39, 0.29) is 86.8 Å². The number of aliphatic hydroxyl groups excluding tert-OH is 1. The van der Waals surface area contributed by atoms with Gasteiger partial charge in [0.05, 0.1) is 35.4 Å². The van der Waals surface area contributed by atoms with Gasteiger partial charge in [-0.25, -0.2) is 24.5 Å². The molecule has 0 aromatic carbocycles. The normalized spacial score (nSPS) is 18.5. The number of rotatable bonds is 7. The third-order valence-electron chi connectivity index (χ3n) is 9.42. The molecule has 0 saturated carbocycles. The quantitative estimate of drug-likeness (QED) is 0.137. The number of aliphatic hydroxyl groups is 1. The number of amides is 2. The first kappa shape index (κ1) is 59.3. The van der Waals surface area contributed by atoms with Crippen molar-refractivity contribution < 1.29 is 106 Å². The summed E-state index contributed by atoms with van der Waals surface area (Å²) in [4.78, 5) is 37.6. The molecule has 2 amide bonds. The first-order valence-corrected chi connectivity index (χ1v) is 21.3. The van der Waals surface area contributed by atoms with Crippen molar-refractivity contribution in [3.8, 4) is 11.8 Å². The first-order chi connectivity index (χ1) is 30.6. The number of carbonyl (C=O) groups is 2. The second kappa shape index (κ2) is 26.2. The van der Waals surface area contributed by atoms with Crippen LogP contribution in [0, 0.1) is 0 Å². The Morgan fingerprint density at radius 2 is 1.09 bits per heavy atom. The molecule has 374 valence electrons. The van der Waals surface area contributed by atoms with Crippen molar-refractivity contribution in [2.75, 3.05) is 39.5 Å². The monoisotopic (exact) mass is 1000 g/mol. The van der Waals surface area contributed by atoms with Gasteiger partial charge in [-0.05, 0) is 111 Å². The van der Waals surface area contributed by atoms with Crippen molar-refractivity contribution in [1.29, 1.82) is 0 Å². The molecule has 3 saturated heterocycles. The molecule has 6 heterocycles. The van der Waals surface area contributed by atoms with Crippen molar-refractivity contribution in [2.45, 2.75) is 128 Å². The van der Waals surface area contributed by atoms with Crippen molar-refractivity contribution >= 4 is 23.8 Å². The number of aromatic nitrogens is 3. The van der Waals surface area contributed by atoms with Gasteiger partial charge in [-0.15, -0.1) is 0 Å². The number of pyridine rings is 3. The minimum Gasteiger partial charge on any atom is -1.00 e. The summed E-state index contributed by atoms with van der Waals surface area (Å²) in [5.74, 6) is 0.325. The average Bonchev–Trinajstić information content (AvgIpc) is 4.01. The van der Waals surface area contributed by atoms with Crippen LogP contribution in [0.15, 0.2) is 55.0 Å². The van der Waals surface area contributed by atoms with E-state index in [9.17, 15) is 49.1 Å². The van der Waals surface area contributed by atoms with E-state index in [1.807, 2.05) is 20.8 Å². The van der Waals surface area contributed by atoms with E-state index in [0.29, 0.717) is 25.9 Å². The van der Waals surface area contributed by atoms with E-state index in [2.05, 4.69) is 20.3 Å². The molecule has 3 aromatic rings. The van der Waals surface area contributed by atoms with Crippen molar-refractivity contribution in [2.24, 2.45) is 0 Å². The molecule has 0 unspecified atom stereocenters. The number of halogens is 10. The van der Waals surface area contributed by atoms with Crippen LogP contribution >= 0.6 is 11.6 Å². The molecule has 3 aromatic heterocycles.